The van der Waals surface area contributed by atoms with Crippen LogP contribution in [0.2, 0.25) is 0 Å². The van der Waals surface area contributed by atoms with Crippen LogP contribution in [0.1, 0.15) is 6.42 Å². The lowest BCUT2D eigenvalue weighted by atomic mass is 10.1. The molecule has 4 rings (SSSR count). The van der Waals surface area contributed by atoms with Crippen LogP contribution in [-0.2, 0) is 0 Å². The molecule has 1 aliphatic rings. The monoisotopic (exact) mass is 345 g/mol. The summed E-state index contributed by atoms with van der Waals surface area (Å²) in [6.45, 7) is 2.72. The van der Waals surface area contributed by atoms with Crippen LogP contribution in [0.15, 0.2) is 72.8 Å². The number of para-hydroxylation sites is 1. The molecule has 132 valence electrons. The van der Waals surface area contributed by atoms with Gasteiger partial charge in [-0.1, -0.05) is 54.6 Å². The summed E-state index contributed by atoms with van der Waals surface area (Å²) in [5.41, 5.74) is 2.10. The van der Waals surface area contributed by atoms with E-state index in [9.17, 15) is 4.79 Å². The van der Waals surface area contributed by atoms with Gasteiger partial charge in [0.2, 0.25) is 0 Å². The molecule has 0 radical (unpaired) electrons. The summed E-state index contributed by atoms with van der Waals surface area (Å²) in [7, 11) is 0. The lowest BCUT2D eigenvalue weighted by Gasteiger charge is -2.18. The maximum absolute atomic E-state index is 12.3. The van der Waals surface area contributed by atoms with Crippen molar-refractivity contribution < 1.29 is 4.79 Å². The Kier molecular flexibility index (Phi) is 4.73. The molecule has 3 aromatic rings. The Morgan fingerprint density at radius 2 is 1.73 bits per heavy atom. The SMILES string of the molecule is O=C(NC[C@@H]1CCN(c2ccccc2)C1)Nc1cccc2ccccc12. The summed E-state index contributed by atoms with van der Waals surface area (Å²) >= 11 is 0. The number of carbonyl (C=O) groups is 1. The van der Waals surface area contributed by atoms with Crippen LogP contribution in [0.4, 0.5) is 16.2 Å². The predicted octanol–water partition coefficient (Wildman–Crippen LogP) is 4.49. The molecular weight excluding hydrogens is 322 g/mol. The lowest BCUT2D eigenvalue weighted by molar-refractivity contribution is 0.250. The molecule has 0 spiro atoms. The van der Waals surface area contributed by atoms with Crippen molar-refractivity contribution >= 4 is 28.2 Å². The number of fused-ring (bicyclic) bond motifs is 1. The zero-order chi connectivity index (χ0) is 17.8. The standard InChI is InChI=1S/C22H23N3O/c26-22(24-21-12-6-8-18-7-4-5-11-20(18)21)23-15-17-13-14-25(16-17)19-9-2-1-3-10-19/h1-12,17H,13-16H2,(H2,23,24,26)/t17-/m0/s1. The van der Waals surface area contributed by atoms with E-state index in [4.69, 9.17) is 0 Å². The summed E-state index contributed by atoms with van der Waals surface area (Å²) < 4.78 is 0. The molecule has 0 aliphatic carbocycles. The van der Waals surface area contributed by atoms with Gasteiger partial charge in [-0.2, -0.15) is 0 Å². The molecule has 0 aromatic heterocycles. The molecule has 2 amide bonds. The van der Waals surface area contributed by atoms with E-state index in [2.05, 4.69) is 51.9 Å². The first-order chi connectivity index (χ1) is 12.8. The average Bonchev–Trinajstić information content (AvgIpc) is 3.17. The van der Waals surface area contributed by atoms with Crippen LogP contribution in [0, 0.1) is 5.92 Å². The number of nitrogens with one attached hydrogen (secondary N) is 2. The van der Waals surface area contributed by atoms with E-state index in [-0.39, 0.29) is 6.03 Å². The molecule has 0 bridgehead atoms. The highest BCUT2D eigenvalue weighted by molar-refractivity contribution is 6.01. The molecule has 1 saturated heterocycles. The zero-order valence-corrected chi connectivity index (χ0v) is 14.7. The third-order valence-electron chi connectivity index (χ3n) is 5.00. The van der Waals surface area contributed by atoms with Crippen molar-refractivity contribution in [1.82, 2.24) is 5.32 Å². The van der Waals surface area contributed by atoms with Crippen LogP contribution in [0.3, 0.4) is 0 Å². The Morgan fingerprint density at radius 1 is 0.962 bits per heavy atom. The molecule has 4 nitrogen and oxygen atoms in total. The highest BCUT2D eigenvalue weighted by Gasteiger charge is 2.23. The quantitative estimate of drug-likeness (QED) is 0.732. The largest absolute Gasteiger partial charge is 0.371 e. The van der Waals surface area contributed by atoms with E-state index < -0.39 is 0 Å². The number of carbonyl (C=O) groups excluding carboxylic acids is 1. The molecule has 1 atom stereocenters. The molecule has 26 heavy (non-hydrogen) atoms. The summed E-state index contributed by atoms with van der Waals surface area (Å²) in [6.07, 6.45) is 1.10. The average molecular weight is 345 g/mol. The minimum Gasteiger partial charge on any atom is -0.371 e. The van der Waals surface area contributed by atoms with Crippen LogP contribution in [-0.4, -0.2) is 25.7 Å². The number of rotatable bonds is 4. The number of hydrogen-bond donors (Lipinski definition) is 2. The van der Waals surface area contributed by atoms with Gasteiger partial charge in [0.05, 0.1) is 5.69 Å². The fourth-order valence-corrected chi connectivity index (χ4v) is 3.61. The zero-order valence-electron chi connectivity index (χ0n) is 14.7. The van der Waals surface area contributed by atoms with Gasteiger partial charge in [-0.15, -0.1) is 0 Å². The summed E-state index contributed by atoms with van der Waals surface area (Å²) in [5, 5.41) is 8.20. The lowest BCUT2D eigenvalue weighted by Crippen LogP contribution is -2.34. The molecule has 4 heteroatoms. The van der Waals surface area contributed by atoms with Crippen LogP contribution < -0.4 is 15.5 Å². The number of urea groups is 1. The summed E-state index contributed by atoms with van der Waals surface area (Å²) in [4.78, 5) is 14.7. The van der Waals surface area contributed by atoms with E-state index in [1.165, 1.54) is 5.69 Å². The number of benzene rings is 3. The van der Waals surface area contributed by atoms with Crippen molar-refractivity contribution in [2.75, 3.05) is 29.9 Å². The van der Waals surface area contributed by atoms with Crippen LogP contribution in [0.25, 0.3) is 10.8 Å². The minimum atomic E-state index is -0.139. The number of anilines is 2. The first-order valence-corrected chi connectivity index (χ1v) is 9.12. The second-order valence-corrected chi connectivity index (χ2v) is 6.80. The van der Waals surface area contributed by atoms with Gasteiger partial charge in [-0.3, -0.25) is 0 Å². The fraction of sp³-hybridized carbons (Fsp3) is 0.227. The minimum absolute atomic E-state index is 0.139. The Hall–Kier alpha value is -3.01. The van der Waals surface area contributed by atoms with Crippen LogP contribution in [0.5, 0.6) is 0 Å². The van der Waals surface area contributed by atoms with Crippen molar-refractivity contribution in [3.8, 4) is 0 Å². The van der Waals surface area contributed by atoms with E-state index in [1.807, 2.05) is 36.4 Å². The van der Waals surface area contributed by atoms with Gasteiger partial charge in [0, 0.05) is 30.7 Å². The first-order valence-electron chi connectivity index (χ1n) is 9.12. The van der Waals surface area contributed by atoms with E-state index >= 15 is 0 Å². The number of amides is 2. The molecule has 0 saturated carbocycles. The third kappa shape index (κ3) is 3.64. The normalized spacial score (nSPS) is 16.6. The van der Waals surface area contributed by atoms with E-state index in [1.54, 1.807) is 0 Å². The molecule has 1 aliphatic heterocycles. The van der Waals surface area contributed by atoms with Gasteiger partial charge in [0.1, 0.15) is 0 Å². The maximum Gasteiger partial charge on any atom is 0.319 e. The Labute approximate surface area is 153 Å². The summed E-state index contributed by atoms with van der Waals surface area (Å²) in [6, 6.07) is 24.3. The molecule has 3 aromatic carbocycles. The second-order valence-electron chi connectivity index (χ2n) is 6.80. The highest BCUT2D eigenvalue weighted by atomic mass is 16.2. The third-order valence-corrected chi connectivity index (χ3v) is 5.00. The predicted molar refractivity (Wildman–Crippen MR) is 108 cm³/mol. The number of hydrogen-bond acceptors (Lipinski definition) is 2. The van der Waals surface area contributed by atoms with Crippen molar-refractivity contribution in [2.45, 2.75) is 6.42 Å². The number of nitrogens with zero attached hydrogens (tertiary/aromatic N) is 1. The maximum atomic E-state index is 12.3. The Morgan fingerprint density at radius 3 is 2.62 bits per heavy atom. The molecule has 0 unspecified atom stereocenters. The topological polar surface area (TPSA) is 44.4 Å². The van der Waals surface area contributed by atoms with E-state index in [0.717, 1.165) is 36.0 Å². The van der Waals surface area contributed by atoms with Gasteiger partial charge >= 0.3 is 6.03 Å². The molecule has 1 heterocycles. The highest BCUT2D eigenvalue weighted by Crippen LogP contribution is 2.24. The summed E-state index contributed by atoms with van der Waals surface area (Å²) in [5.74, 6) is 0.480. The van der Waals surface area contributed by atoms with Gasteiger partial charge in [0.25, 0.3) is 0 Å². The van der Waals surface area contributed by atoms with Gasteiger partial charge in [-0.25, -0.2) is 4.79 Å². The smallest absolute Gasteiger partial charge is 0.319 e. The first kappa shape index (κ1) is 16.5. The van der Waals surface area contributed by atoms with Crippen LogP contribution >= 0.6 is 0 Å². The van der Waals surface area contributed by atoms with Gasteiger partial charge in [0.15, 0.2) is 0 Å². The van der Waals surface area contributed by atoms with Crippen molar-refractivity contribution in [3.63, 3.8) is 0 Å². The molecule has 1 fully saturated rings. The Balaban J connectivity index is 1.32. The van der Waals surface area contributed by atoms with Crippen molar-refractivity contribution in [1.29, 1.82) is 0 Å². The molecule has 2 N–H and O–H groups in total. The van der Waals surface area contributed by atoms with Crippen molar-refractivity contribution in [3.05, 3.63) is 72.8 Å². The Bertz CT molecular complexity index is 889. The van der Waals surface area contributed by atoms with E-state index in [0.29, 0.717) is 12.5 Å². The van der Waals surface area contributed by atoms with Gasteiger partial charge < -0.3 is 15.5 Å². The second kappa shape index (κ2) is 7.48. The fourth-order valence-electron chi connectivity index (χ4n) is 3.61. The van der Waals surface area contributed by atoms with Crippen molar-refractivity contribution in [2.24, 2.45) is 5.92 Å². The van der Waals surface area contributed by atoms with Gasteiger partial charge in [-0.05, 0) is 35.9 Å². The molecular formula is C22H23N3O.